The fourth-order valence-corrected chi connectivity index (χ4v) is 3.34. The van der Waals surface area contributed by atoms with Gasteiger partial charge < -0.3 is 15.3 Å². The van der Waals surface area contributed by atoms with E-state index < -0.39 is 0 Å². The van der Waals surface area contributed by atoms with E-state index in [2.05, 4.69) is 29.3 Å². The van der Waals surface area contributed by atoms with Crippen molar-refractivity contribution in [3.8, 4) is 0 Å². The summed E-state index contributed by atoms with van der Waals surface area (Å²) in [7, 11) is 0. The monoisotopic (exact) mass is 310 g/mol. The third kappa shape index (κ3) is 4.96. The van der Waals surface area contributed by atoms with Gasteiger partial charge in [0.2, 0.25) is 0 Å². The first kappa shape index (κ1) is 16.8. The molecule has 1 atom stereocenters. The van der Waals surface area contributed by atoms with E-state index in [4.69, 9.17) is 11.6 Å². The summed E-state index contributed by atoms with van der Waals surface area (Å²) in [6.07, 6.45) is 3.31. The molecule has 1 fully saturated rings. The van der Waals surface area contributed by atoms with Crippen LogP contribution in [-0.4, -0.2) is 42.8 Å². The van der Waals surface area contributed by atoms with Crippen molar-refractivity contribution in [1.82, 2.24) is 10.2 Å². The molecular formula is C17H27ClN2O. The Morgan fingerprint density at radius 3 is 2.67 bits per heavy atom. The predicted octanol–water partition coefficient (Wildman–Crippen LogP) is 3.09. The fourth-order valence-electron chi connectivity index (χ4n) is 3.08. The Bertz CT molecular complexity index is 419. The van der Waals surface area contributed by atoms with Crippen molar-refractivity contribution in [3.63, 3.8) is 0 Å². The zero-order valence-corrected chi connectivity index (χ0v) is 13.6. The lowest BCUT2D eigenvalue weighted by molar-refractivity contribution is 0.128. The number of nitrogens with zero attached hydrogens (tertiary/aromatic N) is 1. The number of hydrogen-bond donors (Lipinski definition) is 2. The Morgan fingerprint density at radius 2 is 2.05 bits per heavy atom. The summed E-state index contributed by atoms with van der Waals surface area (Å²) in [6, 6.07) is 8.44. The lowest BCUT2D eigenvalue weighted by Gasteiger charge is -2.32. The lowest BCUT2D eigenvalue weighted by atomic mass is 9.97. The maximum Gasteiger partial charge on any atom is 0.0460 e. The normalized spacial score (nSPS) is 18.8. The van der Waals surface area contributed by atoms with Gasteiger partial charge in [-0.25, -0.2) is 0 Å². The highest BCUT2D eigenvalue weighted by Crippen LogP contribution is 2.26. The molecule has 0 aliphatic carbocycles. The minimum Gasteiger partial charge on any atom is -0.396 e. The molecule has 2 rings (SSSR count). The van der Waals surface area contributed by atoms with Gasteiger partial charge in [0.25, 0.3) is 0 Å². The van der Waals surface area contributed by atoms with E-state index >= 15 is 0 Å². The van der Waals surface area contributed by atoms with E-state index in [-0.39, 0.29) is 0 Å². The Balaban J connectivity index is 1.88. The molecule has 1 aromatic rings. The van der Waals surface area contributed by atoms with Crippen LogP contribution in [0.5, 0.6) is 0 Å². The number of aliphatic hydroxyl groups is 1. The van der Waals surface area contributed by atoms with Gasteiger partial charge in [-0.2, -0.15) is 0 Å². The van der Waals surface area contributed by atoms with E-state index in [9.17, 15) is 5.11 Å². The molecule has 1 heterocycles. The quantitative estimate of drug-likeness (QED) is 0.812. The number of rotatable bonds is 7. The highest BCUT2D eigenvalue weighted by atomic mass is 35.5. The zero-order chi connectivity index (χ0) is 15.1. The maximum absolute atomic E-state index is 9.20. The number of nitrogens with one attached hydrogen (secondary N) is 1. The second kappa shape index (κ2) is 8.74. The summed E-state index contributed by atoms with van der Waals surface area (Å²) in [4.78, 5) is 2.51. The molecule has 0 spiro atoms. The SMILES string of the molecule is CCNC(CCN1CCC(CO)CC1)c1ccccc1Cl. The predicted molar refractivity (Wildman–Crippen MR) is 88.7 cm³/mol. The largest absolute Gasteiger partial charge is 0.396 e. The van der Waals surface area contributed by atoms with Crippen molar-refractivity contribution in [1.29, 1.82) is 0 Å². The van der Waals surface area contributed by atoms with E-state index in [1.54, 1.807) is 0 Å². The molecule has 1 aliphatic heterocycles. The van der Waals surface area contributed by atoms with Crippen LogP contribution in [0, 0.1) is 5.92 Å². The molecule has 4 heteroatoms. The van der Waals surface area contributed by atoms with Crippen molar-refractivity contribution < 1.29 is 5.11 Å². The second-order valence-electron chi connectivity index (χ2n) is 5.89. The Hall–Kier alpha value is -0.610. The van der Waals surface area contributed by atoms with Gasteiger partial charge in [0.1, 0.15) is 0 Å². The molecule has 2 N–H and O–H groups in total. The highest BCUT2D eigenvalue weighted by Gasteiger charge is 2.20. The lowest BCUT2D eigenvalue weighted by Crippen LogP contribution is -2.37. The molecule has 1 aromatic carbocycles. The summed E-state index contributed by atoms with van der Waals surface area (Å²) in [5, 5.41) is 13.6. The third-order valence-electron chi connectivity index (χ3n) is 4.43. The molecule has 118 valence electrons. The Kier molecular flexibility index (Phi) is 6.97. The second-order valence-corrected chi connectivity index (χ2v) is 6.30. The van der Waals surface area contributed by atoms with Crippen LogP contribution in [-0.2, 0) is 0 Å². The van der Waals surface area contributed by atoms with Crippen LogP contribution in [0.2, 0.25) is 5.02 Å². The first-order chi connectivity index (χ1) is 10.2. The summed E-state index contributed by atoms with van der Waals surface area (Å²) >= 11 is 6.33. The minimum absolute atomic E-state index is 0.319. The van der Waals surface area contributed by atoms with Crippen LogP contribution in [0.1, 0.15) is 37.8 Å². The number of aliphatic hydroxyl groups excluding tert-OH is 1. The Labute approximate surface area is 133 Å². The van der Waals surface area contributed by atoms with Gasteiger partial charge in [0.15, 0.2) is 0 Å². The molecule has 21 heavy (non-hydrogen) atoms. The van der Waals surface area contributed by atoms with E-state index in [1.165, 1.54) is 5.56 Å². The highest BCUT2D eigenvalue weighted by molar-refractivity contribution is 6.31. The smallest absolute Gasteiger partial charge is 0.0460 e. The van der Waals surface area contributed by atoms with Gasteiger partial charge in [-0.05, 0) is 63.0 Å². The van der Waals surface area contributed by atoms with E-state index in [0.717, 1.165) is 50.5 Å². The van der Waals surface area contributed by atoms with Crippen LogP contribution in [0.4, 0.5) is 0 Å². The van der Waals surface area contributed by atoms with E-state index in [1.807, 2.05) is 12.1 Å². The van der Waals surface area contributed by atoms with Crippen molar-refractivity contribution in [3.05, 3.63) is 34.9 Å². The first-order valence-electron chi connectivity index (χ1n) is 8.05. The first-order valence-corrected chi connectivity index (χ1v) is 8.43. The topological polar surface area (TPSA) is 35.5 Å². The van der Waals surface area contributed by atoms with Gasteiger partial charge in [0, 0.05) is 17.7 Å². The van der Waals surface area contributed by atoms with Gasteiger partial charge in [-0.15, -0.1) is 0 Å². The molecule has 1 saturated heterocycles. The molecule has 0 amide bonds. The van der Waals surface area contributed by atoms with Crippen LogP contribution < -0.4 is 5.32 Å². The maximum atomic E-state index is 9.20. The molecule has 0 aromatic heterocycles. The van der Waals surface area contributed by atoms with Crippen LogP contribution in [0.15, 0.2) is 24.3 Å². The van der Waals surface area contributed by atoms with Gasteiger partial charge in [-0.3, -0.25) is 0 Å². The summed E-state index contributed by atoms with van der Waals surface area (Å²) < 4.78 is 0. The van der Waals surface area contributed by atoms with Crippen LogP contribution >= 0.6 is 11.6 Å². The van der Waals surface area contributed by atoms with Crippen molar-refractivity contribution >= 4 is 11.6 Å². The molecule has 0 bridgehead atoms. The molecule has 3 nitrogen and oxygen atoms in total. The number of likely N-dealkylation sites (tertiary alicyclic amines) is 1. The Morgan fingerprint density at radius 1 is 1.33 bits per heavy atom. The molecular weight excluding hydrogens is 284 g/mol. The van der Waals surface area contributed by atoms with Crippen LogP contribution in [0.3, 0.4) is 0 Å². The van der Waals surface area contributed by atoms with Crippen LogP contribution in [0.25, 0.3) is 0 Å². The van der Waals surface area contributed by atoms with E-state index in [0.29, 0.717) is 18.6 Å². The van der Waals surface area contributed by atoms with Crippen molar-refractivity contribution in [2.45, 2.75) is 32.2 Å². The third-order valence-corrected chi connectivity index (χ3v) is 4.77. The summed E-state index contributed by atoms with van der Waals surface area (Å²) in [6.45, 7) is 6.72. The van der Waals surface area contributed by atoms with Crippen molar-refractivity contribution in [2.24, 2.45) is 5.92 Å². The van der Waals surface area contributed by atoms with Gasteiger partial charge in [0.05, 0.1) is 0 Å². The van der Waals surface area contributed by atoms with Crippen molar-refractivity contribution in [2.75, 3.05) is 32.8 Å². The summed E-state index contributed by atoms with van der Waals surface area (Å²) in [5.41, 5.74) is 1.20. The van der Waals surface area contributed by atoms with Gasteiger partial charge in [-0.1, -0.05) is 36.7 Å². The molecule has 1 aliphatic rings. The minimum atomic E-state index is 0.319. The number of halogens is 1. The molecule has 0 saturated carbocycles. The van der Waals surface area contributed by atoms with Gasteiger partial charge >= 0.3 is 0 Å². The average Bonchev–Trinajstić information content (AvgIpc) is 2.53. The molecule has 1 unspecified atom stereocenters. The average molecular weight is 311 g/mol. The fraction of sp³-hybridized carbons (Fsp3) is 0.647. The number of hydrogen-bond acceptors (Lipinski definition) is 3. The molecule has 0 radical (unpaired) electrons. The standard InChI is InChI=1S/C17H27ClN2O/c1-2-19-17(15-5-3-4-6-16(15)18)9-12-20-10-7-14(13-21)8-11-20/h3-6,14,17,19,21H,2,7-13H2,1H3. The number of benzene rings is 1. The number of piperidine rings is 1. The summed E-state index contributed by atoms with van der Waals surface area (Å²) in [5.74, 6) is 0.509. The zero-order valence-electron chi connectivity index (χ0n) is 12.9.